The van der Waals surface area contributed by atoms with Crippen LogP contribution >= 0.6 is 0 Å². The van der Waals surface area contributed by atoms with E-state index in [9.17, 15) is 4.79 Å². The van der Waals surface area contributed by atoms with Crippen molar-refractivity contribution in [2.45, 2.75) is 71.7 Å². The minimum atomic E-state index is -0.296. The highest BCUT2D eigenvalue weighted by molar-refractivity contribution is 5.90. The first-order valence-corrected chi connectivity index (χ1v) is 7.82. The number of ether oxygens (including phenoxy) is 2. The van der Waals surface area contributed by atoms with E-state index in [0.717, 1.165) is 12.3 Å². The van der Waals surface area contributed by atoms with Crippen LogP contribution in [0.2, 0.25) is 0 Å². The number of hydrogen-bond donors (Lipinski definition) is 0. The van der Waals surface area contributed by atoms with E-state index in [1.54, 1.807) is 0 Å². The molecular weight excluding hydrogens is 240 g/mol. The fourth-order valence-electron chi connectivity index (χ4n) is 3.46. The van der Waals surface area contributed by atoms with E-state index in [-0.39, 0.29) is 18.0 Å². The van der Waals surface area contributed by atoms with Gasteiger partial charge in [0.2, 0.25) is 0 Å². The summed E-state index contributed by atoms with van der Waals surface area (Å²) in [5.74, 6) is 2.23. The second-order valence-corrected chi connectivity index (χ2v) is 6.59. The lowest BCUT2D eigenvalue weighted by atomic mass is 9.75. The average molecular weight is 268 g/mol. The van der Waals surface area contributed by atoms with Gasteiger partial charge in [-0.15, -0.1) is 0 Å². The molecule has 0 heterocycles. The van der Waals surface area contributed by atoms with E-state index >= 15 is 0 Å². The quantitative estimate of drug-likeness (QED) is 0.768. The van der Waals surface area contributed by atoms with Gasteiger partial charge in [-0.05, 0) is 37.5 Å². The van der Waals surface area contributed by atoms with E-state index in [2.05, 4.69) is 20.8 Å². The number of rotatable bonds is 5. The first-order valence-electron chi connectivity index (χ1n) is 7.82. The van der Waals surface area contributed by atoms with Crippen LogP contribution in [0.15, 0.2) is 0 Å². The van der Waals surface area contributed by atoms with E-state index in [1.165, 1.54) is 12.8 Å². The Morgan fingerprint density at radius 3 is 2.58 bits per heavy atom. The highest BCUT2D eigenvalue weighted by Crippen LogP contribution is 2.38. The van der Waals surface area contributed by atoms with Crippen molar-refractivity contribution in [1.29, 1.82) is 0 Å². The predicted octanol–water partition coefficient (Wildman–Crippen LogP) is 3.21. The SMILES string of the molecule is CCOC1C(=O)CC1OC1CC(C)CCC1C(C)C. The molecule has 0 saturated heterocycles. The van der Waals surface area contributed by atoms with Gasteiger partial charge >= 0.3 is 0 Å². The minimum Gasteiger partial charge on any atom is -0.371 e. The zero-order valence-corrected chi connectivity index (χ0v) is 12.7. The molecule has 2 fully saturated rings. The maximum Gasteiger partial charge on any atom is 0.166 e. The monoisotopic (exact) mass is 268 g/mol. The molecule has 0 aliphatic heterocycles. The molecule has 0 aromatic heterocycles. The molecule has 2 aliphatic rings. The van der Waals surface area contributed by atoms with Crippen molar-refractivity contribution >= 4 is 5.78 Å². The summed E-state index contributed by atoms with van der Waals surface area (Å²) in [6.45, 7) is 9.39. The van der Waals surface area contributed by atoms with Gasteiger partial charge in [0.05, 0.1) is 12.2 Å². The Balaban J connectivity index is 1.93. The first kappa shape index (κ1) is 15.0. The van der Waals surface area contributed by atoms with Gasteiger partial charge in [0, 0.05) is 13.0 Å². The van der Waals surface area contributed by atoms with Crippen LogP contribution in [0, 0.1) is 17.8 Å². The third-order valence-corrected chi connectivity index (χ3v) is 4.71. The molecule has 19 heavy (non-hydrogen) atoms. The third kappa shape index (κ3) is 3.38. The van der Waals surface area contributed by atoms with Gasteiger partial charge in [-0.25, -0.2) is 0 Å². The summed E-state index contributed by atoms with van der Waals surface area (Å²) in [4.78, 5) is 11.5. The van der Waals surface area contributed by atoms with Gasteiger partial charge in [0.25, 0.3) is 0 Å². The molecule has 0 aromatic carbocycles. The Hall–Kier alpha value is -0.410. The Kier molecular flexibility index (Phi) is 5.02. The van der Waals surface area contributed by atoms with Gasteiger partial charge in [-0.3, -0.25) is 4.79 Å². The lowest BCUT2D eigenvalue weighted by Gasteiger charge is -2.43. The standard InChI is InChI=1S/C16H28O3/c1-5-18-16-13(17)9-15(16)19-14-8-11(4)6-7-12(14)10(2)3/h10-12,14-16H,5-9H2,1-4H3. The smallest absolute Gasteiger partial charge is 0.166 e. The van der Waals surface area contributed by atoms with E-state index in [0.29, 0.717) is 31.0 Å². The largest absolute Gasteiger partial charge is 0.371 e. The Morgan fingerprint density at radius 1 is 1.26 bits per heavy atom. The average Bonchev–Trinajstić information content (AvgIpc) is 2.35. The van der Waals surface area contributed by atoms with Crippen LogP contribution < -0.4 is 0 Å². The molecule has 3 heteroatoms. The molecule has 0 amide bonds. The maximum absolute atomic E-state index is 11.5. The number of carbonyl (C=O) groups excluding carboxylic acids is 1. The van der Waals surface area contributed by atoms with Crippen LogP contribution in [-0.2, 0) is 14.3 Å². The highest BCUT2D eigenvalue weighted by atomic mass is 16.6. The fraction of sp³-hybridized carbons (Fsp3) is 0.938. The molecule has 2 aliphatic carbocycles. The third-order valence-electron chi connectivity index (χ3n) is 4.71. The van der Waals surface area contributed by atoms with Gasteiger partial charge in [0.1, 0.15) is 6.10 Å². The number of ketones is 1. The zero-order valence-electron chi connectivity index (χ0n) is 12.7. The van der Waals surface area contributed by atoms with Crippen LogP contribution in [0.1, 0.15) is 53.4 Å². The van der Waals surface area contributed by atoms with E-state index in [4.69, 9.17) is 9.47 Å². The van der Waals surface area contributed by atoms with Gasteiger partial charge < -0.3 is 9.47 Å². The molecule has 0 N–H and O–H groups in total. The van der Waals surface area contributed by atoms with Crippen LogP contribution in [0.25, 0.3) is 0 Å². The Bertz CT molecular complexity index is 313. The topological polar surface area (TPSA) is 35.5 Å². The Labute approximate surface area is 117 Å². The number of Topliss-reactive ketones (excluding diaryl/α,β-unsaturated/α-hetero) is 1. The number of carbonyl (C=O) groups is 1. The lowest BCUT2D eigenvalue weighted by molar-refractivity contribution is -0.183. The van der Waals surface area contributed by atoms with Crippen molar-refractivity contribution in [3.8, 4) is 0 Å². The molecule has 5 unspecified atom stereocenters. The van der Waals surface area contributed by atoms with Crippen LogP contribution in [0.5, 0.6) is 0 Å². The minimum absolute atomic E-state index is 0.00370. The first-order chi connectivity index (χ1) is 9.02. The van der Waals surface area contributed by atoms with E-state index in [1.807, 2.05) is 6.92 Å². The van der Waals surface area contributed by atoms with Gasteiger partial charge in [-0.1, -0.05) is 27.2 Å². The molecule has 0 spiro atoms. The molecule has 5 atom stereocenters. The zero-order chi connectivity index (χ0) is 14.0. The van der Waals surface area contributed by atoms with Crippen molar-refractivity contribution < 1.29 is 14.3 Å². The fourth-order valence-corrected chi connectivity index (χ4v) is 3.46. The van der Waals surface area contributed by atoms with Gasteiger partial charge in [-0.2, -0.15) is 0 Å². The molecule has 2 rings (SSSR count). The summed E-state index contributed by atoms with van der Waals surface area (Å²) in [5, 5.41) is 0. The van der Waals surface area contributed by atoms with Crippen molar-refractivity contribution in [2.75, 3.05) is 6.61 Å². The lowest BCUT2D eigenvalue weighted by Crippen LogP contribution is -2.53. The van der Waals surface area contributed by atoms with Crippen LogP contribution in [0.3, 0.4) is 0 Å². The summed E-state index contributed by atoms with van der Waals surface area (Å²) < 4.78 is 11.8. The summed E-state index contributed by atoms with van der Waals surface area (Å²) in [6, 6.07) is 0. The van der Waals surface area contributed by atoms with Crippen LogP contribution in [-0.4, -0.2) is 30.7 Å². The molecule has 110 valence electrons. The Morgan fingerprint density at radius 2 is 2.00 bits per heavy atom. The van der Waals surface area contributed by atoms with Crippen molar-refractivity contribution in [2.24, 2.45) is 17.8 Å². The second kappa shape index (κ2) is 6.36. The molecule has 3 nitrogen and oxygen atoms in total. The van der Waals surface area contributed by atoms with Crippen LogP contribution in [0.4, 0.5) is 0 Å². The summed E-state index contributed by atoms with van der Waals surface area (Å²) >= 11 is 0. The number of hydrogen-bond acceptors (Lipinski definition) is 3. The molecule has 0 radical (unpaired) electrons. The second-order valence-electron chi connectivity index (χ2n) is 6.59. The summed E-state index contributed by atoms with van der Waals surface area (Å²) in [6.07, 6.45) is 4.25. The summed E-state index contributed by atoms with van der Waals surface area (Å²) in [5.41, 5.74) is 0. The molecule has 0 bridgehead atoms. The predicted molar refractivity (Wildman–Crippen MR) is 75.0 cm³/mol. The normalized spacial score (nSPS) is 39.4. The highest BCUT2D eigenvalue weighted by Gasteiger charge is 2.44. The van der Waals surface area contributed by atoms with Gasteiger partial charge in [0.15, 0.2) is 5.78 Å². The van der Waals surface area contributed by atoms with Crippen molar-refractivity contribution in [1.82, 2.24) is 0 Å². The van der Waals surface area contributed by atoms with E-state index < -0.39 is 0 Å². The molecular formula is C16H28O3. The maximum atomic E-state index is 11.5. The molecule has 0 aromatic rings. The molecule has 2 saturated carbocycles. The van der Waals surface area contributed by atoms with Crippen molar-refractivity contribution in [3.63, 3.8) is 0 Å². The summed E-state index contributed by atoms with van der Waals surface area (Å²) in [7, 11) is 0. The van der Waals surface area contributed by atoms with Crippen molar-refractivity contribution in [3.05, 3.63) is 0 Å².